The van der Waals surface area contributed by atoms with Gasteiger partial charge in [0.05, 0.1) is 22.1 Å². The lowest BCUT2D eigenvalue weighted by Crippen LogP contribution is -2.38. The Morgan fingerprint density at radius 3 is 2.75 bits per heavy atom. The zero-order valence-corrected chi connectivity index (χ0v) is 15.2. The average Bonchev–Trinajstić information content (AvgIpc) is 3.16. The molecule has 28 heavy (non-hydrogen) atoms. The lowest BCUT2D eigenvalue weighted by molar-refractivity contribution is 0.0711. The van der Waals surface area contributed by atoms with Crippen LogP contribution < -0.4 is 0 Å². The standard InChI is InChI=1S/C22H19FN4O/c23-17-5-6-19-20(12-17)26-21(25-19)14-7-9-27(10-8-14)22(28)16-11-15-3-1-2-4-18(15)24-13-16/h1-6,11-14H,7-10H2,(H,25,26). The molecule has 0 saturated carbocycles. The van der Waals surface area contributed by atoms with Gasteiger partial charge in [-0.3, -0.25) is 9.78 Å². The minimum atomic E-state index is -0.271. The molecule has 1 aliphatic rings. The molecule has 6 heteroatoms. The molecule has 1 saturated heterocycles. The molecular weight excluding hydrogens is 355 g/mol. The van der Waals surface area contributed by atoms with Crippen LogP contribution in [0.25, 0.3) is 21.9 Å². The molecule has 1 N–H and O–H groups in total. The Morgan fingerprint density at radius 1 is 1.07 bits per heavy atom. The minimum absolute atomic E-state index is 0.0170. The van der Waals surface area contributed by atoms with Crippen molar-refractivity contribution in [3.05, 3.63) is 71.9 Å². The van der Waals surface area contributed by atoms with E-state index in [0.29, 0.717) is 18.7 Å². The van der Waals surface area contributed by atoms with Crippen LogP contribution in [-0.4, -0.2) is 38.8 Å². The van der Waals surface area contributed by atoms with Crippen LogP contribution in [0.5, 0.6) is 0 Å². The van der Waals surface area contributed by atoms with Gasteiger partial charge in [-0.15, -0.1) is 0 Å². The number of hydrogen-bond donors (Lipinski definition) is 1. The van der Waals surface area contributed by atoms with Crippen molar-refractivity contribution in [2.24, 2.45) is 0 Å². The SMILES string of the molecule is O=C(c1cnc2ccccc2c1)N1CCC(c2nc3ccc(F)cc3[nH]2)CC1. The minimum Gasteiger partial charge on any atom is -0.342 e. The van der Waals surface area contributed by atoms with Gasteiger partial charge in [-0.2, -0.15) is 0 Å². The third kappa shape index (κ3) is 3.01. The third-order valence-electron chi connectivity index (χ3n) is 5.47. The number of rotatable bonds is 2. The highest BCUT2D eigenvalue weighted by Gasteiger charge is 2.26. The number of H-pyrrole nitrogens is 1. The van der Waals surface area contributed by atoms with Crippen LogP contribution in [-0.2, 0) is 0 Å². The molecule has 2 aromatic heterocycles. The Balaban J connectivity index is 1.30. The number of halogens is 1. The van der Waals surface area contributed by atoms with Gasteiger partial charge in [0.15, 0.2) is 0 Å². The molecule has 0 spiro atoms. The van der Waals surface area contributed by atoms with Gasteiger partial charge in [-0.05, 0) is 43.2 Å². The first-order valence-electron chi connectivity index (χ1n) is 9.46. The van der Waals surface area contributed by atoms with Crippen LogP contribution >= 0.6 is 0 Å². The fourth-order valence-electron chi connectivity index (χ4n) is 3.92. The van der Waals surface area contributed by atoms with E-state index in [-0.39, 0.29) is 17.6 Å². The summed E-state index contributed by atoms with van der Waals surface area (Å²) in [5.74, 6) is 0.866. The Morgan fingerprint density at radius 2 is 1.89 bits per heavy atom. The number of piperidine rings is 1. The number of aromatic amines is 1. The summed E-state index contributed by atoms with van der Waals surface area (Å²) < 4.78 is 13.4. The van der Waals surface area contributed by atoms with Crippen LogP contribution in [0.4, 0.5) is 4.39 Å². The predicted octanol–water partition coefficient (Wildman–Crippen LogP) is 4.27. The summed E-state index contributed by atoms with van der Waals surface area (Å²) in [7, 11) is 0. The molecule has 1 aliphatic heterocycles. The number of hydrogen-bond acceptors (Lipinski definition) is 3. The second-order valence-electron chi connectivity index (χ2n) is 7.27. The third-order valence-corrected chi connectivity index (χ3v) is 5.47. The smallest absolute Gasteiger partial charge is 0.255 e. The molecule has 0 unspecified atom stereocenters. The summed E-state index contributed by atoms with van der Waals surface area (Å²) in [6.07, 6.45) is 3.31. The van der Waals surface area contributed by atoms with E-state index < -0.39 is 0 Å². The number of carbonyl (C=O) groups is 1. The maximum absolute atomic E-state index is 13.4. The van der Waals surface area contributed by atoms with E-state index in [9.17, 15) is 9.18 Å². The van der Waals surface area contributed by atoms with Gasteiger partial charge in [0.25, 0.3) is 5.91 Å². The predicted molar refractivity (Wildman–Crippen MR) is 106 cm³/mol. The molecular formula is C22H19FN4O. The highest BCUT2D eigenvalue weighted by atomic mass is 19.1. The quantitative estimate of drug-likeness (QED) is 0.570. The van der Waals surface area contributed by atoms with Crippen molar-refractivity contribution in [2.45, 2.75) is 18.8 Å². The molecule has 0 aliphatic carbocycles. The number of carbonyl (C=O) groups excluding carboxylic acids is 1. The largest absolute Gasteiger partial charge is 0.342 e. The van der Waals surface area contributed by atoms with Gasteiger partial charge < -0.3 is 9.88 Å². The Hall–Kier alpha value is -3.28. The Bertz CT molecular complexity index is 1180. The van der Waals surface area contributed by atoms with E-state index in [1.54, 1.807) is 12.3 Å². The molecule has 4 aromatic rings. The first kappa shape index (κ1) is 16.9. The van der Waals surface area contributed by atoms with Crippen molar-refractivity contribution in [2.75, 3.05) is 13.1 Å². The number of nitrogens with one attached hydrogen (secondary N) is 1. The van der Waals surface area contributed by atoms with E-state index in [0.717, 1.165) is 40.6 Å². The fraction of sp³-hybridized carbons (Fsp3) is 0.227. The fourth-order valence-corrected chi connectivity index (χ4v) is 3.92. The lowest BCUT2D eigenvalue weighted by Gasteiger charge is -2.31. The lowest BCUT2D eigenvalue weighted by atomic mass is 9.95. The average molecular weight is 374 g/mol. The van der Waals surface area contributed by atoms with Gasteiger partial charge in [0.1, 0.15) is 11.6 Å². The van der Waals surface area contributed by atoms with Gasteiger partial charge in [-0.25, -0.2) is 9.37 Å². The number of benzene rings is 2. The number of imidazole rings is 1. The molecule has 140 valence electrons. The molecule has 1 amide bonds. The first-order chi connectivity index (χ1) is 13.7. The number of aromatic nitrogens is 3. The molecule has 1 fully saturated rings. The van der Waals surface area contributed by atoms with Crippen molar-refractivity contribution in [1.82, 2.24) is 19.9 Å². The van der Waals surface area contributed by atoms with Crippen molar-refractivity contribution < 1.29 is 9.18 Å². The zero-order chi connectivity index (χ0) is 19.1. The number of pyridine rings is 1. The van der Waals surface area contributed by atoms with Crippen LogP contribution in [0.1, 0.15) is 34.9 Å². The van der Waals surface area contributed by atoms with Crippen LogP contribution in [0.15, 0.2) is 54.7 Å². The van der Waals surface area contributed by atoms with Crippen LogP contribution in [0, 0.1) is 5.82 Å². The summed E-state index contributed by atoms with van der Waals surface area (Å²) in [6, 6.07) is 14.3. The first-order valence-corrected chi connectivity index (χ1v) is 9.46. The number of fused-ring (bicyclic) bond motifs is 2. The van der Waals surface area contributed by atoms with Crippen LogP contribution in [0.3, 0.4) is 0 Å². The highest BCUT2D eigenvalue weighted by molar-refractivity contribution is 5.97. The van der Waals surface area contributed by atoms with Crippen molar-refractivity contribution in [3.8, 4) is 0 Å². The van der Waals surface area contributed by atoms with E-state index in [1.165, 1.54) is 12.1 Å². The Labute approximate surface area is 161 Å². The van der Waals surface area contributed by atoms with E-state index >= 15 is 0 Å². The summed E-state index contributed by atoms with van der Waals surface area (Å²) >= 11 is 0. The maximum atomic E-state index is 13.4. The zero-order valence-electron chi connectivity index (χ0n) is 15.2. The van der Waals surface area contributed by atoms with Gasteiger partial charge >= 0.3 is 0 Å². The summed E-state index contributed by atoms with van der Waals surface area (Å²) in [5.41, 5.74) is 3.00. The van der Waals surface area contributed by atoms with E-state index in [4.69, 9.17) is 0 Å². The van der Waals surface area contributed by atoms with Gasteiger partial charge in [0.2, 0.25) is 0 Å². The van der Waals surface area contributed by atoms with Crippen molar-refractivity contribution >= 4 is 27.8 Å². The second kappa shape index (κ2) is 6.71. The maximum Gasteiger partial charge on any atom is 0.255 e. The molecule has 0 bridgehead atoms. The molecule has 0 radical (unpaired) electrons. The molecule has 5 rings (SSSR count). The molecule has 2 aromatic carbocycles. The van der Waals surface area contributed by atoms with E-state index in [2.05, 4.69) is 15.0 Å². The van der Waals surface area contributed by atoms with Gasteiger partial charge in [0, 0.05) is 30.6 Å². The summed E-state index contributed by atoms with van der Waals surface area (Å²) in [5, 5.41) is 0.970. The number of amides is 1. The van der Waals surface area contributed by atoms with E-state index in [1.807, 2.05) is 35.2 Å². The topological polar surface area (TPSA) is 61.9 Å². The highest BCUT2D eigenvalue weighted by Crippen LogP contribution is 2.28. The monoisotopic (exact) mass is 374 g/mol. The van der Waals surface area contributed by atoms with Crippen molar-refractivity contribution in [1.29, 1.82) is 0 Å². The molecule has 0 atom stereocenters. The number of nitrogens with zero attached hydrogens (tertiary/aromatic N) is 3. The number of para-hydroxylation sites is 1. The van der Waals surface area contributed by atoms with Crippen molar-refractivity contribution in [3.63, 3.8) is 0 Å². The molecule has 5 nitrogen and oxygen atoms in total. The second-order valence-corrected chi connectivity index (χ2v) is 7.27. The molecule has 3 heterocycles. The van der Waals surface area contributed by atoms with Crippen LogP contribution in [0.2, 0.25) is 0 Å². The van der Waals surface area contributed by atoms with Gasteiger partial charge in [-0.1, -0.05) is 18.2 Å². The summed E-state index contributed by atoms with van der Waals surface area (Å²) in [4.78, 5) is 27.0. The number of likely N-dealkylation sites (tertiary alicyclic amines) is 1. The normalized spacial score (nSPS) is 15.4. The Kier molecular flexibility index (Phi) is 4.04. The summed E-state index contributed by atoms with van der Waals surface area (Å²) in [6.45, 7) is 1.34.